The molecule has 0 aliphatic carbocycles. The van der Waals surface area contributed by atoms with Crippen LogP contribution in [0.4, 0.5) is 10.5 Å². The molecule has 0 atom stereocenters. The molecule has 2 aromatic carbocycles. The highest BCUT2D eigenvalue weighted by Gasteiger charge is 2.13. The molecule has 0 saturated heterocycles. The van der Waals surface area contributed by atoms with Gasteiger partial charge in [0, 0.05) is 5.69 Å². The highest BCUT2D eigenvalue weighted by molar-refractivity contribution is 9.10. The fraction of sp³-hybridized carbons (Fsp3) is 0.167. The summed E-state index contributed by atoms with van der Waals surface area (Å²) >= 11 is 3.37. The number of halogens is 1. The number of amides is 3. The van der Waals surface area contributed by atoms with Gasteiger partial charge in [0.15, 0.2) is 18.1 Å². The van der Waals surface area contributed by atoms with Crippen LogP contribution in [0, 0.1) is 6.92 Å². The van der Waals surface area contributed by atoms with Gasteiger partial charge >= 0.3 is 6.03 Å². The number of methoxy groups -OCH3 is 1. The van der Waals surface area contributed by atoms with Crippen molar-refractivity contribution in [3.05, 3.63) is 52.0 Å². The Labute approximate surface area is 164 Å². The highest BCUT2D eigenvalue weighted by atomic mass is 79.9. The summed E-state index contributed by atoms with van der Waals surface area (Å²) in [6, 6.07) is 10.0. The molecule has 2 aromatic rings. The smallest absolute Gasteiger partial charge is 0.332 e. The summed E-state index contributed by atoms with van der Waals surface area (Å²) in [7, 11) is 1.48. The van der Waals surface area contributed by atoms with Crippen LogP contribution in [0.2, 0.25) is 0 Å². The first-order valence-electron chi connectivity index (χ1n) is 7.84. The Kier molecular flexibility index (Phi) is 7.18. The maximum Gasteiger partial charge on any atom is 0.332 e. The van der Waals surface area contributed by atoms with Crippen LogP contribution in [-0.2, 0) is 4.79 Å². The highest BCUT2D eigenvalue weighted by Crippen LogP contribution is 2.36. The summed E-state index contributed by atoms with van der Waals surface area (Å²) in [6.45, 7) is 1.77. The zero-order valence-electron chi connectivity index (χ0n) is 14.8. The first kappa shape index (κ1) is 20.2. The summed E-state index contributed by atoms with van der Waals surface area (Å²) in [6.07, 6.45) is 1.39. The fourth-order valence-electron chi connectivity index (χ4n) is 2.10. The molecule has 142 valence electrons. The predicted octanol–water partition coefficient (Wildman–Crippen LogP) is 2.79. The van der Waals surface area contributed by atoms with Gasteiger partial charge in [0.1, 0.15) is 0 Å². The molecular formula is C18H19BrN4O4. The minimum atomic E-state index is -0.767. The lowest BCUT2D eigenvalue weighted by atomic mass is 10.2. The van der Waals surface area contributed by atoms with Crippen LogP contribution < -0.4 is 25.9 Å². The number of carbonyl (C=O) groups excluding carboxylic acids is 2. The molecule has 27 heavy (non-hydrogen) atoms. The predicted molar refractivity (Wildman–Crippen MR) is 106 cm³/mol. The van der Waals surface area contributed by atoms with Crippen LogP contribution >= 0.6 is 15.9 Å². The molecule has 0 spiro atoms. The molecule has 0 bridgehead atoms. The first-order valence-corrected chi connectivity index (χ1v) is 8.63. The molecule has 0 aromatic heterocycles. The van der Waals surface area contributed by atoms with Crippen LogP contribution in [0.25, 0.3) is 0 Å². The van der Waals surface area contributed by atoms with E-state index in [9.17, 15) is 9.59 Å². The summed E-state index contributed by atoms with van der Waals surface area (Å²) < 4.78 is 11.5. The largest absolute Gasteiger partial charge is 0.493 e. The zero-order chi connectivity index (χ0) is 19.8. The number of carbonyl (C=O) groups is 2. The molecule has 3 amide bonds. The van der Waals surface area contributed by atoms with Gasteiger partial charge in [-0.3, -0.25) is 4.79 Å². The SMILES string of the molecule is COc1cc(C=NNC(N)=O)cc(Br)c1OCC(=O)Nc1ccc(C)cc1. The number of ether oxygens (including phenoxy) is 2. The molecule has 0 aliphatic rings. The van der Waals surface area contributed by atoms with Crippen molar-refractivity contribution >= 4 is 39.8 Å². The minimum absolute atomic E-state index is 0.195. The standard InChI is InChI=1S/C18H19BrN4O4/c1-11-3-5-13(6-4-11)22-16(24)10-27-17-14(19)7-12(8-15(17)26-2)9-21-23-18(20)25/h3-9H,10H2,1-2H3,(H,22,24)(H3,20,23,25). The van der Waals surface area contributed by atoms with E-state index < -0.39 is 6.03 Å². The van der Waals surface area contributed by atoms with Gasteiger partial charge in [-0.05, 0) is 52.7 Å². The second-order valence-corrected chi connectivity index (χ2v) is 6.33. The van der Waals surface area contributed by atoms with E-state index in [1.165, 1.54) is 13.3 Å². The van der Waals surface area contributed by atoms with Crippen molar-refractivity contribution in [1.29, 1.82) is 0 Å². The van der Waals surface area contributed by atoms with Crippen LogP contribution in [0.1, 0.15) is 11.1 Å². The fourth-order valence-corrected chi connectivity index (χ4v) is 2.67. The monoisotopic (exact) mass is 434 g/mol. The third-order valence-corrected chi connectivity index (χ3v) is 3.91. The number of benzene rings is 2. The van der Waals surface area contributed by atoms with Crippen molar-refractivity contribution in [2.24, 2.45) is 10.8 Å². The number of nitrogens with two attached hydrogens (primary N) is 1. The average Bonchev–Trinajstić information content (AvgIpc) is 2.62. The molecule has 0 fully saturated rings. The first-order chi connectivity index (χ1) is 12.9. The molecule has 4 N–H and O–H groups in total. The lowest BCUT2D eigenvalue weighted by molar-refractivity contribution is -0.118. The number of aryl methyl sites for hydroxylation is 1. The van der Waals surface area contributed by atoms with E-state index in [0.717, 1.165) is 5.56 Å². The molecule has 9 heteroatoms. The maximum atomic E-state index is 12.1. The molecule has 0 aliphatic heterocycles. The molecule has 0 heterocycles. The summed E-state index contributed by atoms with van der Waals surface area (Å²) in [5, 5.41) is 6.44. The van der Waals surface area contributed by atoms with Crippen LogP contribution in [0.3, 0.4) is 0 Å². The van der Waals surface area contributed by atoms with E-state index in [4.69, 9.17) is 15.2 Å². The van der Waals surface area contributed by atoms with Gasteiger partial charge in [-0.25, -0.2) is 10.2 Å². The van der Waals surface area contributed by atoms with E-state index in [2.05, 4.69) is 31.8 Å². The van der Waals surface area contributed by atoms with E-state index in [1.807, 2.05) is 31.2 Å². The van der Waals surface area contributed by atoms with Crippen molar-refractivity contribution in [1.82, 2.24) is 5.43 Å². The van der Waals surface area contributed by atoms with Gasteiger partial charge < -0.3 is 20.5 Å². The number of rotatable bonds is 7. The maximum absolute atomic E-state index is 12.1. The quantitative estimate of drug-likeness (QED) is 0.458. The normalized spacial score (nSPS) is 10.5. The second kappa shape index (κ2) is 9.58. The van der Waals surface area contributed by atoms with Gasteiger partial charge in [-0.1, -0.05) is 17.7 Å². The molecule has 0 saturated carbocycles. The van der Waals surface area contributed by atoms with Crippen molar-refractivity contribution in [2.75, 3.05) is 19.0 Å². The third kappa shape index (κ3) is 6.30. The van der Waals surface area contributed by atoms with Crippen molar-refractivity contribution in [2.45, 2.75) is 6.92 Å². The van der Waals surface area contributed by atoms with Gasteiger partial charge in [0.2, 0.25) is 0 Å². The Morgan fingerprint density at radius 1 is 1.26 bits per heavy atom. The zero-order valence-corrected chi connectivity index (χ0v) is 16.4. The molecule has 0 radical (unpaired) electrons. The lowest BCUT2D eigenvalue weighted by Crippen LogP contribution is -2.24. The van der Waals surface area contributed by atoms with Crippen molar-refractivity contribution in [3.63, 3.8) is 0 Å². The second-order valence-electron chi connectivity index (χ2n) is 5.47. The summed E-state index contributed by atoms with van der Waals surface area (Å²) in [5.41, 5.74) is 9.46. The number of primary amides is 1. The van der Waals surface area contributed by atoms with E-state index in [0.29, 0.717) is 27.2 Å². The number of hydrazone groups is 1. The lowest BCUT2D eigenvalue weighted by Gasteiger charge is -2.13. The topological polar surface area (TPSA) is 115 Å². The number of hydrogen-bond acceptors (Lipinski definition) is 5. The van der Waals surface area contributed by atoms with Crippen LogP contribution in [0.15, 0.2) is 46.0 Å². The molecular weight excluding hydrogens is 416 g/mol. The summed E-state index contributed by atoms with van der Waals surface area (Å²) in [5.74, 6) is 0.466. The van der Waals surface area contributed by atoms with Crippen molar-refractivity contribution in [3.8, 4) is 11.5 Å². The Morgan fingerprint density at radius 2 is 1.96 bits per heavy atom. The number of urea groups is 1. The Bertz CT molecular complexity index is 853. The molecule has 2 rings (SSSR count). The van der Waals surface area contributed by atoms with Crippen molar-refractivity contribution < 1.29 is 19.1 Å². The number of nitrogens with one attached hydrogen (secondary N) is 2. The Balaban J connectivity index is 2.04. The van der Waals surface area contributed by atoms with Gasteiger partial charge in [-0.15, -0.1) is 0 Å². The molecule has 8 nitrogen and oxygen atoms in total. The Morgan fingerprint density at radius 3 is 2.59 bits per heavy atom. The van der Waals surface area contributed by atoms with Gasteiger partial charge in [0.25, 0.3) is 5.91 Å². The number of hydrogen-bond donors (Lipinski definition) is 3. The van der Waals surface area contributed by atoms with Gasteiger partial charge in [0.05, 0.1) is 17.8 Å². The molecule has 0 unspecified atom stereocenters. The summed E-state index contributed by atoms with van der Waals surface area (Å²) in [4.78, 5) is 22.7. The van der Waals surface area contributed by atoms with E-state index in [-0.39, 0.29) is 12.5 Å². The van der Waals surface area contributed by atoms with Crippen LogP contribution in [-0.4, -0.2) is 31.9 Å². The van der Waals surface area contributed by atoms with E-state index in [1.54, 1.807) is 12.1 Å². The Hall–Kier alpha value is -3.07. The van der Waals surface area contributed by atoms with E-state index >= 15 is 0 Å². The number of nitrogens with zero attached hydrogens (tertiary/aromatic N) is 1. The average molecular weight is 435 g/mol. The third-order valence-electron chi connectivity index (χ3n) is 3.32. The van der Waals surface area contributed by atoms with Gasteiger partial charge in [-0.2, -0.15) is 5.10 Å². The minimum Gasteiger partial charge on any atom is -0.493 e. The number of anilines is 1. The van der Waals surface area contributed by atoms with Crippen LogP contribution in [0.5, 0.6) is 11.5 Å².